The highest BCUT2D eigenvalue weighted by Crippen LogP contribution is 2.38. The number of nitrogens with one attached hydrogen (secondary N) is 1. The minimum Gasteiger partial charge on any atom is -0.374 e. The molecule has 1 spiro atoms. The summed E-state index contributed by atoms with van der Waals surface area (Å²) in [5, 5.41) is 7.05. The van der Waals surface area contributed by atoms with Gasteiger partial charge in [-0.3, -0.25) is 0 Å². The van der Waals surface area contributed by atoms with Gasteiger partial charge in [0.15, 0.2) is 0 Å². The molecule has 3 nitrogen and oxygen atoms in total. The molecule has 0 aromatic carbocycles. The van der Waals surface area contributed by atoms with Crippen molar-refractivity contribution in [2.24, 2.45) is 0 Å². The zero-order chi connectivity index (χ0) is 13.1. The highest BCUT2D eigenvalue weighted by Gasteiger charge is 2.40. The van der Waals surface area contributed by atoms with E-state index in [1.54, 1.807) is 11.3 Å². The minimum atomic E-state index is 0.192. The number of ether oxygens (including phenoxy) is 1. The molecule has 1 aromatic rings. The molecule has 0 bridgehead atoms. The van der Waals surface area contributed by atoms with E-state index in [-0.39, 0.29) is 5.60 Å². The number of aromatic nitrogens is 1. The van der Waals surface area contributed by atoms with E-state index >= 15 is 0 Å². The molecule has 2 atom stereocenters. The van der Waals surface area contributed by atoms with Gasteiger partial charge in [0.25, 0.3) is 0 Å². The van der Waals surface area contributed by atoms with Crippen LogP contribution >= 0.6 is 23.1 Å². The van der Waals surface area contributed by atoms with E-state index in [2.05, 4.69) is 22.6 Å². The molecule has 0 aliphatic carbocycles. The molecular weight excluding hydrogens is 276 g/mol. The van der Waals surface area contributed by atoms with Gasteiger partial charge in [0.05, 0.1) is 16.3 Å². The first kappa shape index (κ1) is 13.9. The van der Waals surface area contributed by atoms with Gasteiger partial charge in [-0.25, -0.2) is 4.98 Å². The number of rotatable bonds is 4. The molecule has 0 amide bonds. The minimum absolute atomic E-state index is 0.192. The van der Waals surface area contributed by atoms with Crippen LogP contribution in [0.15, 0.2) is 5.38 Å². The second-order valence-corrected chi connectivity index (χ2v) is 7.75. The predicted octanol–water partition coefficient (Wildman–Crippen LogP) is 2.64. The van der Waals surface area contributed by atoms with E-state index in [1.807, 2.05) is 11.8 Å². The Bertz CT molecular complexity index is 415. The van der Waals surface area contributed by atoms with Crippen molar-refractivity contribution in [1.29, 1.82) is 0 Å². The number of nitrogens with zero attached hydrogens (tertiary/aromatic N) is 1. The summed E-state index contributed by atoms with van der Waals surface area (Å²) in [5.41, 5.74) is 1.42. The standard InChI is InChI=1S/C14H22N2OS2/c1-11-16-13(9-19-11)2-5-15-12-3-6-17-14(8-12)4-7-18-10-14/h9,12,15H,2-8,10H2,1H3. The van der Waals surface area contributed by atoms with E-state index in [9.17, 15) is 0 Å². The van der Waals surface area contributed by atoms with Gasteiger partial charge in [-0.1, -0.05) is 0 Å². The third kappa shape index (κ3) is 3.51. The third-order valence-electron chi connectivity index (χ3n) is 4.04. The molecule has 3 heterocycles. The maximum Gasteiger partial charge on any atom is 0.0897 e. The molecule has 3 rings (SSSR count). The molecule has 0 saturated carbocycles. The fourth-order valence-electron chi connectivity index (χ4n) is 2.99. The SMILES string of the molecule is Cc1nc(CCNC2CCOC3(CCSC3)C2)cs1. The summed E-state index contributed by atoms with van der Waals surface area (Å²) in [6.45, 7) is 4.03. The lowest BCUT2D eigenvalue weighted by atomic mass is 9.90. The molecule has 2 fully saturated rings. The van der Waals surface area contributed by atoms with E-state index in [0.29, 0.717) is 6.04 Å². The predicted molar refractivity (Wildman–Crippen MR) is 82.2 cm³/mol. The van der Waals surface area contributed by atoms with Crippen molar-refractivity contribution in [3.63, 3.8) is 0 Å². The lowest BCUT2D eigenvalue weighted by Gasteiger charge is -2.38. The van der Waals surface area contributed by atoms with E-state index < -0.39 is 0 Å². The number of aryl methyl sites for hydroxylation is 1. The van der Waals surface area contributed by atoms with Gasteiger partial charge in [0.1, 0.15) is 0 Å². The largest absolute Gasteiger partial charge is 0.374 e. The molecule has 0 radical (unpaired) electrons. The van der Waals surface area contributed by atoms with Crippen LogP contribution in [0.1, 0.15) is 30.0 Å². The van der Waals surface area contributed by atoms with E-state index in [1.165, 1.54) is 35.0 Å². The Morgan fingerprint density at radius 3 is 3.26 bits per heavy atom. The molecule has 2 aliphatic heterocycles. The fraction of sp³-hybridized carbons (Fsp3) is 0.786. The van der Waals surface area contributed by atoms with E-state index in [0.717, 1.165) is 26.0 Å². The van der Waals surface area contributed by atoms with Gasteiger partial charge >= 0.3 is 0 Å². The van der Waals surface area contributed by atoms with Crippen LogP contribution in [-0.4, -0.2) is 41.3 Å². The summed E-state index contributed by atoms with van der Waals surface area (Å²) < 4.78 is 6.05. The van der Waals surface area contributed by atoms with Gasteiger partial charge in [-0.2, -0.15) is 11.8 Å². The molecule has 5 heteroatoms. The van der Waals surface area contributed by atoms with Crippen molar-refractivity contribution < 1.29 is 4.74 Å². The summed E-state index contributed by atoms with van der Waals surface area (Å²) in [5.74, 6) is 2.46. The Balaban J connectivity index is 1.45. The normalized spacial score (nSPS) is 31.1. The second kappa shape index (κ2) is 6.12. The van der Waals surface area contributed by atoms with Crippen LogP contribution in [0, 0.1) is 6.92 Å². The molecule has 106 valence electrons. The molecular formula is C14H22N2OS2. The monoisotopic (exact) mass is 298 g/mol. The van der Waals surface area contributed by atoms with Gasteiger partial charge in [-0.15, -0.1) is 11.3 Å². The quantitative estimate of drug-likeness (QED) is 0.926. The van der Waals surface area contributed by atoms with Crippen LogP contribution < -0.4 is 5.32 Å². The van der Waals surface area contributed by atoms with Gasteiger partial charge in [0, 0.05) is 36.7 Å². The summed E-state index contributed by atoms with van der Waals surface area (Å²) in [6, 6.07) is 0.632. The summed E-state index contributed by atoms with van der Waals surface area (Å²) in [7, 11) is 0. The number of thioether (sulfide) groups is 1. The van der Waals surface area contributed by atoms with Crippen LogP contribution in [0.5, 0.6) is 0 Å². The number of thiazole rings is 1. The van der Waals surface area contributed by atoms with Crippen molar-refractivity contribution in [3.8, 4) is 0 Å². The first-order valence-corrected chi connectivity index (χ1v) is 9.15. The first-order chi connectivity index (χ1) is 9.26. The maximum absolute atomic E-state index is 6.05. The Hall–Kier alpha value is -0.100. The van der Waals surface area contributed by atoms with Crippen molar-refractivity contribution in [2.45, 2.75) is 44.2 Å². The average molecular weight is 298 g/mol. The average Bonchev–Trinajstić information content (AvgIpc) is 3.00. The van der Waals surface area contributed by atoms with Gasteiger partial charge in [-0.05, 0) is 31.9 Å². The van der Waals surface area contributed by atoms with Crippen molar-refractivity contribution >= 4 is 23.1 Å². The van der Waals surface area contributed by atoms with Crippen LogP contribution in [0.2, 0.25) is 0 Å². The van der Waals surface area contributed by atoms with Gasteiger partial charge < -0.3 is 10.1 Å². The van der Waals surface area contributed by atoms with Crippen molar-refractivity contribution in [2.75, 3.05) is 24.7 Å². The van der Waals surface area contributed by atoms with Crippen molar-refractivity contribution in [1.82, 2.24) is 10.3 Å². The Morgan fingerprint density at radius 2 is 2.53 bits per heavy atom. The van der Waals surface area contributed by atoms with Gasteiger partial charge in [0.2, 0.25) is 0 Å². The molecule has 19 heavy (non-hydrogen) atoms. The Morgan fingerprint density at radius 1 is 1.58 bits per heavy atom. The zero-order valence-electron chi connectivity index (χ0n) is 11.5. The van der Waals surface area contributed by atoms with Crippen LogP contribution in [-0.2, 0) is 11.2 Å². The lowest BCUT2D eigenvalue weighted by Crippen LogP contribution is -2.47. The van der Waals surface area contributed by atoms with Crippen molar-refractivity contribution in [3.05, 3.63) is 16.1 Å². The molecule has 1 aromatic heterocycles. The second-order valence-electron chi connectivity index (χ2n) is 5.59. The topological polar surface area (TPSA) is 34.2 Å². The highest BCUT2D eigenvalue weighted by molar-refractivity contribution is 7.99. The zero-order valence-corrected chi connectivity index (χ0v) is 13.1. The number of hydrogen-bond acceptors (Lipinski definition) is 5. The summed E-state index contributed by atoms with van der Waals surface area (Å²) >= 11 is 3.79. The molecule has 2 aliphatic rings. The fourth-order valence-corrected chi connectivity index (χ4v) is 5.02. The third-order valence-corrected chi connectivity index (χ3v) is 6.09. The molecule has 2 saturated heterocycles. The van der Waals surface area contributed by atoms with Crippen LogP contribution in [0.4, 0.5) is 0 Å². The smallest absolute Gasteiger partial charge is 0.0897 e. The summed E-state index contributed by atoms with van der Waals surface area (Å²) in [6.07, 6.45) is 4.63. The Labute approximate surface area is 123 Å². The maximum atomic E-state index is 6.05. The first-order valence-electron chi connectivity index (χ1n) is 7.12. The van der Waals surface area contributed by atoms with Crippen LogP contribution in [0.3, 0.4) is 0 Å². The van der Waals surface area contributed by atoms with Crippen LogP contribution in [0.25, 0.3) is 0 Å². The summed E-state index contributed by atoms with van der Waals surface area (Å²) in [4.78, 5) is 4.51. The molecule has 2 unspecified atom stereocenters. The highest BCUT2D eigenvalue weighted by atomic mass is 32.2. The lowest BCUT2D eigenvalue weighted by molar-refractivity contribution is -0.0699. The molecule has 1 N–H and O–H groups in total. The van der Waals surface area contributed by atoms with E-state index in [4.69, 9.17) is 4.74 Å². The Kier molecular flexibility index (Phi) is 4.47. The number of hydrogen-bond donors (Lipinski definition) is 1.